The lowest BCUT2D eigenvalue weighted by atomic mass is 9.82. The Balaban J connectivity index is 1.32. The first-order valence-electron chi connectivity index (χ1n) is 16.5. The number of carbonyl (C=O) groups excluding carboxylic acids is 2. The quantitative estimate of drug-likeness (QED) is 0.106. The zero-order valence-corrected chi connectivity index (χ0v) is 29.0. The first kappa shape index (κ1) is 37.5. The van der Waals surface area contributed by atoms with Crippen LogP contribution in [0.25, 0.3) is 0 Å². The number of carbonyl (C=O) groups is 2. The van der Waals surface area contributed by atoms with E-state index in [1.165, 1.54) is 6.07 Å². The van der Waals surface area contributed by atoms with Crippen LogP contribution in [0.3, 0.4) is 0 Å². The van der Waals surface area contributed by atoms with E-state index in [1.54, 1.807) is 6.92 Å². The van der Waals surface area contributed by atoms with Gasteiger partial charge in [0.25, 0.3) is 5.56 Å². The van der Waals surface area contributed by atoms with Crippen molar-refractivity contribution in [2.75, 3.05) is 49.6 Å². The molecule has 0 aliphatic rings. The monoisotopic (exact) mass is 662 g/mol. The van der Waals surface area contributed by atoms with Gasteiger partial charge in [0.15, 0.2) is 0 Å². The molecule has 3 aromatic rings. The second-order valence-corrected chi connectivity index (χ2v) is 12.5. The molecular weight excluding hydrogens is 612 g/mol. The SMILES string of the molecule is CCCOc1ccc(N=Nc2ccc(N(CC)CCOC(=O)NCCC(C)CC(C)(C)CNC(=O)Nc3nc(C)cc(=O)[nH]3)cc2)cc1. The van der Waals surface area contributed by atoms with Crippen LogP contribution in [0.15, 0.2) is 69.6 Å². The van der Waals surface area contributed by atoms with Crippen molar-refractivity contribution >= 4 is 35.1 Å². The topological polar surface area (TPSA) is 162 Å². The van der Waals surface area contributed by atoms with E-state index in [-0.39, 0.29) is 23.5 Å². The molecule has 13 nitrogen and oxygen atoms in total. The third-order valence-corrected chi connectivity index (χ3v) is 7.42. The number of ether oxygens (including phenoxy) is 2. The summed E-state index contributed by atoms with van der Waals surface area (Å²) in [6, 6.07) is 16.2. The van der Waals surface area contributed by atoms with Crippen molar-refractivity contribution in [1.29, 1.82) is 0 Å². The highest BCUT2D eigenvalue weighted by molar-refractivity contribution is 5.87. The molecule has 13 heteroatoms. The first-order chi connectivity index (χ1) is 23.0. The molecule has 0 aliphatic carbocycles. The van der Waals surface area contributed by atoms with Crippen molar-refractivity contribution < 1.29 is 19.1 Å². The summed E-state index contributed by atoms with van der Waals surface area (Å²) < 4.78 is 11.0. The number of hydrogen-bond acceptors (Lipinski definition) is 9. The van der Waals surface area contributed by atoms with Gasteiger partial charge >= 0.3 is 12.1 Å². The number of amides is 3. The maximum atomic E-state index is 12.3. The zero-order chi connectivity index (χ0) is 34.9. The number of aromatic nitrogens is 2. The molecule has 0 radical (unpaired) electrons. The highest BCUT2D eigenvalue weighted by Gasteiger charge is 2.22. The molecule has 0 saturated heterocycles. The normalized spacial score (nSPS) is 12.0. The third kappa shape index (κ3) is 13.8. The van der Waals surface area contributed by atoms with Crippen LogP contribution in [0, 0.1) is 18.3 Å². The minimum Gasteiger partial charge on any atom is -0.494 e. The van der Waals surface area contributed by atoms with E-state index >= 15 is 0 Å². The number of rotatable bonds is 18. The van der Waals surface area contributed by atoms with Crippen molar-refractivity contribution in [3.05, 3.63) is 70.6 Å². The number of alkyl carbamates (subject to hydrolysis) is 1. The molecule has 2 aromatic carbocycles. The summed E-state index contributed by atoms with van der Waals surface area (Å²) in [4.78, 5) is 44.9. The standard InChI is InChI=1S/C35H50N8O5/c1-7-20-47-30-15-11-28(12-16-30)42-41-27-9-13-29(14-10-27)43(8-2)19-21-48-34(46)36-18-17-25(3)23-35(5,6)24-37-33(45)40-32-38-26(4)22-31(44)39-32/h9-16,22,25H,7-8,17-21,23-24H2,1-6H3,(H,36,46)(H3,37,38,39,40,44,45). The van der Waals surface area contributed by atoms with Gasteiger partial charge in [-0.05, 0) is 93.0 Å². The van der Waals surface area contributed by atoms with Crippen LogP contribution in [-0.4, -0.2) is 61.5 Å². The second-order valence-electron chi connectivity index (χ2n) is 12.5. The molecule has 1 heterocycles. The summed E-state index contributed by atoms with van der Waals surface area (Å²) in [5, 5.41) is 16.9. The lowest BCUT2D eigenvalue weighted by Gasteiger charge is -2.28. The fourth-order valence-electron chi connectivity index (χ4n) is 5.09. The molecule has 3 rings (SSSR count). The van der Waals surface area contributed by atoms with Crippen LogP contribution in [0.2, 0.25) is 0 Å². The fraction of sp³-hybridized carbons (Fsp3) is 0.486. The Morgan fingerprint density at radius 3 is 2.29 bits per heavy atom. The number of likely N-dealkylation sites (N-methyl/N-ethyl adjacent to an activating group) is 1. The Hall–Kier alpha value is -4.94. The summed E-state index contributed by atoms with van der Waals surface area (Å²) in [5.41, 5.74) is 2.49. The molecule has 3 amide bonds. The van der Waals surface area contributed by atoms with E-state index in [0.717, 1.165) is 48.6 Å². The highest BCUT2D eigenvalue weighted by atomic mass is 16.5. The smallest absolute Gasteiger partial charge is 0.407 e. The molecule has 260 valence electrons. The summed E-state index contributed by atoms with van der Waals surface area (Å²) >= 11 is 0. The van der Waals surface area contributed by atoms with Gasteiger partial charge < -0.3 is 25.0 Å². The van der Waals surface area contributed by atoms with Gasteiger partial charge in [-0.2, -0.15) is 10.2 Å². The van der Waals surface area contributed by atoms with E-state index in [9.17, 15) is 14.4 Å². The Bertz CT molecular complexity index is 1520. The molecule has 0 bridgehead atoms. The number of hydrogen-bond donors (Lipinski definition) is 4. The van der Waals surface area contributed by atoms with Crippen LogP contribution >= 0.6 is 0 Å². The van der Waals surface area contributed by atoms with Crippen LogP contribution < -0.4 is 31.1 Å². The molecule has 4 N–H and O–H groups in total. The number of H-pyrrole nitrogens is 1. The maximum absolute atomic E-state index is 12.3. The second kappa shape index (κ2) is 19.0. The number of anilines is 2. The summed E-state index contributed by atoms with van der Waals surface area (Å²) in [5.74, 6) is 1.22. The minimum absolute atomic E-state index is 0.105. The third-order valence-electron chi connectivity index (χ3n) is 7.42. The average molecular weight is 663 g/mol. The van der Waals surface area contributed by atoms with Crippen LogP contribution in [0.4, 0.5) is 32.6 Å². The lowest BCUT2D eigenvalue weighted by Crippen LogP contribution is -2.38. The summed E-state index contributed by atoms with van der Waals surface area (Å²) in [6.07, 6.45) is 2.11. The van der Waals surface area contributed by atoms with Gasteiger partial charge in [0, 0.05) is 37.1 Å². The van der Waals surface area contributed by atoms with Gasteiger partial charge in [-0.1, -0.05) is 27.7 Å². The van der Waals surface area contributed by atoms with Crippen LogP contribution in [0.1, 0.15) is 59.6 Å². The predicted octanol–water partition coefficient (Wildman–Crippen LogP) is 7.10. The van der Waals surface area contributed by atoms with Crippen LogP contribution in [0.5, 0.6) is 5.75 Å². The maximum Gasteiger partial charge on any atom is 0.407 e. The van der Waals surface area contributed by atoms with E-state index in [0.29, 0.717) is 37.9 Å². The van der Waals surface area contributed by atoms with Gasteiger partial charge in [-0.25, -0.2) is 14.6 Å². The molecule has 48 heavy (non-hydrogen) atoms. The lowest BCUT2D eigenvalue weighted by molar-refractivity contribution is 0.147. The zero-order valence-electron chi connectivity index (χ0n) is 29.0. The van der Waals surface area contributed by atoms with Crippen molar-refractivity contribution in [1.82, 2.24) is 20.6 Å². The van der Waals surface area contributed by atoms with Gasteiger partial charge in [0.2, 0.25) is 5.95 Å². The Morgan fingerprint density at radius 1 is 1.00 bits per heavy atom. The molecule has 1 aromatic heterocycles. The molecule has 0 aliphatic heterocycles. The number of urea groups is 1. The number of aromatic amines is 1. The Kier molecular flexibility index (Phi) is 14.9. The van der Waals surface area contributed by atoms with Crippen LogP contribution in [-0.2, 0) is 4.74 Å². The Morgan fingerprint density at radius 2 is 1.67 bits per heavy atom. The molecule has 1 unspecified atom stereocenters. The Labute approximate surface area is 282 Å². The number of azo groups is 1. The average Bonchev–Trinajstić information content (AvgIpc) is 3.04. The van der Waals surface area contributed by atoms with E-state index in [1.807, 2.05) is 48.5 Å². The van der Waals surface area contributed by atoms with E-state index in [4.69, 9.17) is 9.47 Å². The molecule has 0 saturated carbocycles. The van der Waals surface area contributed by atoms with Crippen molar-refractivity contribution in [3.8, 4) is 5.75 Å². The highest BCUT2D eigenvalue weighted by Crippen LogP contribution is 2.26. The number of nitrogens with one attached hydrogen (secondary N) is 4. The van der Waals surface area contributed by atoms with Gasteiger partial charge in [-0.3, -0.25) is 15.1 Å². The summed E-state index contributed by atoms with van der Waals surface area (Å²) in [6.45, 7) is 15.2. The molecule has 0 fully saturated rings. The predicted molar refractivity (Wildman–Crippen MR) is 189 cm³/mol. The molecule has 1 atom stereocenters. The first-order valence-corrected chi connectivity index (χ1v) is 16.5. The number of benzene rings is 2. The minimum atomic E-state index is -0.445. The molecular formula is C35H50N8O5. The van der Waals surface area contributed by atoms with Gasteiger partial charge in [-0.15, -0.1) is 0 Å². The van der Waals surface area contributed by atoms with Gasteiger partial charge in [0.1, 0.15) is 12.4 Å². The molecule has 0 spiro atoms. The largest absolute Gasteiger partial charge is 0.494 e. The number of aryl methyl sites for hydroxylation is 1. The van der Waals surface area contributed by atoms with Crippen molar-refractivity contribution in [3.63, 3.8) is 0 Å². The number of nitrogens with zero attached hydrogens (tertiary/aromatic N) is 4. The van der Waals surface area contributed by atoms with E-state index < -0.39 is 12.1 Å². The van der Waals surface area contributed by atoms with E-state index in [2.05, 4.69) is 75.7 Å². The van der Waals surface area contributed by atoms with Crippen molar-refractivity contribution in [2.45, 2.75) is 60.8 Å². The summed E-state index contributed by atoms with van der Waals surface area (Å²) in [7, 11) is 0. The fourth-order valence-corrected chi connectivity index (χ4v) is 5.09. The van der Waals surface area contributed by atoms with Gasteiger partial charge in [0.05, 0.1) is 24.5 Å². The van der Waals surface area contributed by atoms with Crippen molar-refractivity contribution in [2.24, 2.45) is 21.6 Å².